The zero-order chi connectivity index (χ0) is 13.1. The van der Waals surface area contributed by atoms with Gasteiger partial charge in [0.05, 0.1) is 6.61 Å². The molecule has 3 heteroatoms. The van der Waals surface area contributed by atoms with Gasteiger partial charge in [0.15, 0.2) is 0 Å². The van der Waals surface area contributed by atoms with Crippen LogP contribution in [0.25, 0.3) is 0 Å². The quantitative estimate of drug-likeness (QED) is 0.604. The highest BCUT2D eigenvalue weighted by molar-refractivity contribution is 4.75. The summed E-state index contributed by atoms with van der Waals surface area (Å²) in [5.74, 6) is 0. The van der Waals surface area contributed by atoms with Crippen molar-refractivity contribution in [2.24, 2.45) is 0 Å². The Hall–Kier alpha value is -0.120. The van der Waals surface area contributed by atoms with Crippen molar-refractivity contribution in [3.63, 3.8) is 0 Å². The lowest BCUT2D eigenvalue weighted by atomic mass is 10.1. The fourth-order valence-corrected chi connectivity index (χ4v) is 2.35. The van der Waals surface area contributed by atoms with Crippen molar-refractivity contribution in [3.05, 3.63) is 0 Å². The molecule has 0 amide bonds. The van der Waals surface area contributed by atoms with E-state index in [0.717, 1.165) is 26.2 Å². The number of methoxy groups -OCH3 is 1. The molecule has 0 aliphatic rings. The predicted molar refractivity (Wildman–Crippen MR) is 75.6 cm³/mol. The van der Waals surface area contributed by atoms with E-state index in [1.807, 2.05) is 0 Å². The molecule has 0 radical (unpaired) electrons. The molecule has 0 saturated carbocycles. The van der Waals surface area contributed by atoms with Crippen molar-refractivity contribution in [3.8, 4) is 0 Å². The zero-order valence-corrected chi connectivity index (χ0v) is 12.5. The molecule has 1 N–H and O–H groups in total. The van der Waals surface area contributed by atoms with Crippen LogP contribution >= 0.6 is 0 Å². The Kier molecular flexibility index (Phi) is 10.9. The normalized spacial score (nSPS) is 13.6. The lowest BCUT2D eigenvalue weighted by Gasteiger charge is -2.33. The van der Waals surface area contributed by atoms with E-state index in [9.17, 15) is 0 Å². The van der Waals surface area contributed by atoms with E-state index in [0.29, 0.717) is 12.1 Å². The molecule has 0 aromatic heterocycles. The molecule has 1 atom stereocenters. The molecule has 0 fully saturated rings. The fourth-order valence-electron chi connectivity index (χ4n) is 2.35. The first kappa shape index (κ1) is 16.9. The van der Waals surface area contributed by atoms with Gasteiger partial charge in [0.25, 0.3) is 0 Å². The summed E-state index contributed by atoms with van der Waals surface area (Å²) < 4.78 is 5.22. The van der Waals surface area contributed by atoms with Gasteiger partial charge >= 0.3 is 0 Å². The Morgan fingerprint density at radius 2 is 1.71 bits per heavy atom. The van der Waals surface area contributed by atoms with Gasteiger partial charge in [-0.15, -0.1) is 0 Å². The van der Waals surface area contributed by atoms with E-state index in [-0.39, 0.29) is 0 Å². The van der Waals surface area contributed by atoms with E-state index in [1.54, 1.807) is 7.11 Å². The molecule has 1 unspecified atom stereocenters. The third-order valence-corrected chi connectivity index (χ3v) is 3.48. The van der Waals surface area contributed by atoms with Crippen molar-refractivity contribution in [1.29, 1.82) is 0 Å². The third-order valence-electron chi connectivity index (χ3n) is 3.48. The van der Waals surface area contributed by atoms with Crippen LogP contribution in [0.1, 0.15) is 47.0 Å². The molecule has 0 rings (SSSR count). The van der Waals surface area contributed by atoms with Gasteiger partial charge < -0.3 is 10.1 Å². The van der Waals surface area contributed by atoms with Crippen LogP contribution in [0.3, 0.4) is 0 Å². The van der Waals surface area contributed by atoms with Crippen LogP contribution in [-0.2, 0) is 4.74 Å². The molecule has 3 nitrogen and oxygen atoms in total. The second-order valence-electron chi connectivity index (χ2n) is 4.62. The van der Waals surface area contributed by atoms with Gasteiger partial charge in [-0.1, -0.05) is 27.7 Å². The van der Waals surface area contributed by atoms with E-state index >= 15 is 0 Å². The van der Waals surface area contributed by atoms with Crippen LogP contribution in [0, 0.1) is 0 Å². The summed E-state index contributed by atoms with van der Waals surface area (Å²) in [4.78, 5) is 2.58. The maximum absolute atomic E-state index is 5.22. The standard InChI is InChI=1S/C14H32N2O/c1-6-13(15-9-4)12-16(10-11-17-5)14(7-2)8-3/h13-15H,6-12H2,1-5H3. The molecular weight excluding hydrogens is 212 g/mol. The Labute approximate surface area is 108 Å². The third kappa shape index (κ3) is 7.02. The largest absolute Gasteiger partial charge is 0.383 e. The van der Waals surface area contributed by atoms with Crippen LogP contribution in [0.2, 0.25) is 0 Å². The van der Waals surface area contributed by atoms with E-state index in [4.69, 9.17) is 4.74 Å². The van der Waals surface area contributed by atoms with E-state index in [2.05, 4.69) is 37.9 Å². The average Bonchev–Trinajstić information content (AvgIpc) is 2.36. The second kappa shape index (κ2) is 11.0. The molecular formula is C14H32N2O. The van der Waals surface area contributed by atoms with Crippen LogP contribution in [0.15, 0.2) is 0 Å². The van der Waals surface area contributed by atoms with Crippen molar-refractivity contribution in [2.75, 3.05) is 33.4 Å². The smallest absolute Gasteiger partial charge is 0.0589 e. The lowest BCUT2D eigenvalue weighted by Crippen LogP contribution is -2.46. The van der Waals surface area contributed by atoms with Gasteiger partial charge in [-0.05, 0) is 25.8 Å². The van der Waals surface area contributed by atoms with Crippen molar-refractivity contribution in [2.45, 2.75) is 59.0 Å². The minimum absolute atomic E-state index is 0.609. The van der Waals surface area contributed by atoms with Crippen LogP contribution < -0.4 is 5.32 Å². The van der Waals surface area contributed by atoms with Gasteiger partial charge in [-0.25, -0.2) is 0 Å². The number of nitrogens with zero attached hydrogens (tertiary/aromatic N) is 1. The maximum Gasteiger partial charge on any atom is 0.0589 e. The van der Waals surface area contributed by atoms with Crippen LogP contribution in [0.4, 0.5) is 0 Å². The summed E-state index contributed by atoms with van der Waals surface area (Å²) in [7, 11) is 1.78. The highest BCUT2D eigenvalue weighted by Crippen LogP contribution is 2.10. The first-order valence-electron chi connectivity index (χ1n) is 7.19. The Balaban J connectivity index is 4.32. The zero-order valence-electron chi connectivity index (χ0n) is 12.5. The Morgan fingerprint density at radius 3 is 2.12 bits per heavy atom. The maximum atomic E-state index is 5.22. The van der Waals surface area contributed by atoms with Gasteiger partial charge in [-0.3, -0.25) is 4.90 Å². The molecule has 0 saturated heterocycles. The fraction of sp³-hybridized carbons (Fsp3) is 1.00. The molecule has 104 valence electrons. The molecule has 17 heavy (non-hydrogen) atoms. The van der Waals surface area contributed by atoms with E-state index < -0.39 is 0 Å². The Bertz CT molecular complexity index is 160. The molecule has 0 aromatic carbocycles. The number of likely N-dealkylation sites (N-methyl/N-ethyl adjacent to an activating group) is 1. The highest BCUT2D eigenvalue weighted by Gasteiger charge is 2.18. The topological polar surface area (TPSA) is 24.5 Å². The predicted octanol–water partition coefficient (Wildman–Crippen LogP) is 2.51. The molecule has 0 bridgehead atoms. The number of hydrogen-bond acceptors (Lipinski definition) is 3. The molecule has 0 heterocycles. The van der Waals surface area contributed by atoms with Crippen molar-refractivity contribution >= 4 is 0 Å². The molecule has 0 aliphatic heterocycles. The van der Waals surface area contributed by atoms with Gasteiger partial charge in [0.1, 0.15) is 0 Å². The summed E-state index contributed by atoms with van der Waals surface area (Å²) in [6.07, 6.45) is 3.64. The SMILES string of the molecule is CCNC(CC)CN(CCOC)C(CC)CC. The number of hydrogen-bond donors (Lipinski definition) is 1. The number of nitrogens with one attached hydrogen (secondary N) is 1. The first-order chi connectivity index (χ1) is 8.23. The summed E-state index contributed by atoms with van der Waals surface area (Å²) in [5.41, 5.74) is 0. The number of rotatable bonds is 11. The summed E-state index contributed by atoms with van der Waals surface area (Å²) in [6, 6.07) is 1.30. The molecule has 0 spiro atoms. The van der Waals surface area contributed by atoms with Crippen molar-refractivity contribution in [1.82, 2.24) is 10.2 Å². The molecule has 0 aromatic rings. The van der Waals surface area contributed by atoms with E-state index in [1.165, 1.54) is 19.3 Å². The second-order valence-corrected chi connectivity index (χ2v) is 4.62. The minimum Gasteiger partial charge on any atom is -0.383 e. The monoisotopic (exact) mass is 244 g/mol. The summed E-state index contributed by atoms with van der Waals surface area (Å²) in [5, 5.41) is 3.56. The van der Waals surface area contributed by atoms with Gasteiger partial charge in [0.2, 0.25) is 0 Å². The minimum atomic E-state index is 0.609. The van der Waals surface area contributed by atoms with Crippen molar-refractivity contribution < 1.29 is 4.74 Å². The average molecular weight is 244 g/mol. The summed E-state index contributed by atoms with van der Waals surface area (Å²) >= 11 is 0. The highest BCUT2D eigenvalue weighted by atomic mass is 16.5. The van der Waals surface area contributed by atoms with Gasteiger partial charge in [-0.2, -0.15) is 0 Å². The summed E-state index contributed by atoms with van der Waals surface area (Å²) in [6.45, 7) is 13.1. The Morgan fingerprint density at radius 1 is 1.06 bits per heavy atom. The number of ether oxygens (including phenoxy) is 1. The van der Waals surface area contributed by atoms with Gasteiger partial charge in [0, 0.05) is 32.3 Å². The lowest BCUT2D eigenvalue weighted by molar-refractivity contribution is 0.106. The van der Waals surface area contributed by atoms with Crippen LogP contribution in [-0.4, -0.2) is 50.3 Å². The first-order valence-corrected chi connectivity index (χ1v) is 7.19. The van der Waals surface area contributed by atoms with Crippen LogP contribution in [0.5, 0.6) is 0 Å². The molecule has 0 aliphatic carbocycles.